The zero-order valence-corrected chi connectivity index (χ0v) is 15.1. The van der Waals surface area contributed by atoms with Crippen molar-refractivity contribution >= 4 is 18.0 Å². The number of carbonyl (C=O) groups excluding carboxylic acids is 2. The second-order valence-electron chi connectivity index (χ2n) is 6.94. The van der Waals surface area contributed by atoms with Crippen molar-refractivity contribution in [1.82, 2.24) is 14.7 Å². The number of nitrogens with zero attached hydrogens (tertiary/aromatic N) is 4. The highest BCUT2D eigenvalue weighted by Crippen LogP contribution is 2.18. The molecule has 0 saturated carbocycles. The maximum absolute atomic E-state index is 12.3. The van der Waals surface area contributed by atoms with Gasteiger partial charge in [0.05, 0.1) is 0 Å². The Morgan fingerprint density at radius 1 is 1.04 bits per heavy atom. The first-order valence-electron chi connectivity index (χ1n) is 9.17. The van der Waals surface area contributed by atoms with Gasteiger partial charge < -0.3 is 14.7 Å². The van der Waals surface area contributed by atoms with Crippen LogP contribution in [0.25, 0.3) is 0 Å². The second-order valence-corrected chi connectivity index (χ2v) is 6.94. The molecular weight excluding hydrogens is 316 g/mol. The molecule has 25 heavy (non-hydrogen) atoms. The number of amides is 2. The molecular formula is C19H28N4O2. The number of carbonyl (C=O) groups is 2. The van der Waals surface area contributed by atoms with Crippen LogP contribution in [0, 0.1) is 6.92 Å². The van der Waals surface area contributed by atoms with Gasteiger partial charge in [0.15, 0.2) is 0 Å². The molecule has 0 N–H and O–H groups in total. The summed E-state index contributed by atoms with van der Waals surface area (Å²) in [4.78, 5) is 31.5. The summed E-state index contributed by atoms with van der Waals surface area (Å²) in [6.07, 6.45) is 1.45. The average Bonchev–Trinajstić information content (AvgIpc) is 2.66. The standard InChI is InChI=1S/C19H28N4O2/c1-17-3-2-4-18(15-17)22-11-7-20(8-12-22)6-5-19(25)23-13-9-21(16-24)10-14-23/h2-4,15-16H,5-14H2,1H3. The van der Waals surface area contributed by atoms with Gasteiger partial charge in [0, 0.05) is 71.0 Å². The highest BCUT2D eigenvalue weighted by atomic mass is 16.2. The molecule has 0 atom stereocenters. The highest BCUT2D eigenvalue weighted by Gasteiger charge is 2.22. The SMILES string of the molecule is Cc1cccc(N2CCN(CCC(=O)N3CCN(C=O)CC3)CC2)c1. The topological polar surface area (TPSA) is 47.1 Å². The van der Waals surface area contributed by atoms with Crippen LogP contribution in [0.15, 0.2) is 24.3 Å². The van der Waals surface area contributed by atoms with Crippen LogP contribution < -0.4 is 4.90 Å². The maximum Gasteiger partial charge on any atom is 0.223 e. The van der Waals surface area contributed by atoms with E-state index >= 15 is 0 Å². The minimum absolute atomic E-state index is 0.215. The third-order valence-corrected chi connectivity index (χ3v) is 5.20. The molecule has 2 aliphatic heterocycles. The quantitative estimate of drug-likeness (QED) is 0.742. The molecule has 1 aromatic rings. The van der Waals surface area contributed by atoms with Gasteiger partial charge in [-0.15, -0.1) is 0 Å². The Bertz CT molecular complexity index is 591. The number of anilines is 1. The number of hydrogen-bond donors (Lipinski definition) is 0. The van der Waals surface area contributed by atoms with Crippen molar-refractivity contribution < 1.29 is 9.59 Å². The van der Waals surface area contributed by atoms with Gasteiger partial charge >= 0.3 is 0 Å². The summed E-state index contributed by atoms with van der Waals surface area (Å²) in [7, 11) is 0. The second kappa shape index (κ2) is 8.34. The molecule has 3 rings (SSSR count). The molecule has 0 unspecified atom stereocenters. The molecule has 2 fully saturated rings. The van der Waals surface area contributed by atoms with Crippen LogP contribution in [0.3, 0.4) is 0 Å². The minimum atomic E-state index is 0.215. The van der Waals surface area contributed by atoms with Crippen LogP contribution in [0.4, 0.5) is 5.69 Å². The lowest BCUT2D eigenvalue weighted by atomic mass is 10.2. The smallest absolute Gasteiger partial charge is 0.223 e. The minimum Gasteiger partial charge on any atom is -0.369 e. The van der Waals surface area contributed by atoms with Gasteiger partial charge in [-0.2, -0.15) is 0 Å². The number of benzene rings is 1. The van der Waals surface area contributed by atoms with Crippen LogP contribution >= 0.6 is 0 Å². The third kappa shape index (κ3) is 4.72. The fourth-order valence-electron chi connectivity index (χ4n) is 3.54. The van der Waals surface area contributed by atoms with Crippen LogP contribution in [0.1, 0.15) is 12.0 Å². The molecule has 2 amide bonds. The van der Waals surface area contributed by atoms with E-state index in [4.69, 9.17) is 0 Å². The molecule has 0 radical (unpaired) electrons. The van der Waals surface area contributed by atoms with Crippen molar-refractivity contribution in [2.24, 2.45) is 0 Å². The normalized spacial score (nSPS) is 19.2. The number of hydrogen-bond acceptors (Lipinski definition) is 4. The zero-order chi connectivity index (χ0) is 17.6. The molecule has 0 bridgehead atoms. The van der Waals surface area contributed by atoms with Crippen molar-refractivity contribution in [2.45, 2.75) is 13.3 Å². The Balaban J connectivity index is 1.39. The lowest BCUT2D eigenvalue weighted by Crippen LogP contribution is -2.50. The summed E-state index contributed by atoms with van der Waals surface area (Å²) >= 11 is 0. The number of aryl methyl sites for hydroxylation is 1. The molecule has 2 heterocycles. The van der Waals surface area contributed by atoms with E-state index in [1.165, 1.54) is 11.3 Å². The van der Waals surface area contributed by atoms with Crippen molar-refractivity contribution in [3.05, 3.63) is 29.8 Å². The Morgan fingerprint density at radius 3 is 2.40 bits per heavy atom. The predicted octanol–water partition coefficient (Wildman–Crippen LogP) is 0.808. The lowest BCUT2D eigenvalue weighted by Gasteiger charge is -2.37. The van der Waals surface area contributed by atoms with Gasteiger partial charge in [-0.05, 0) is 24.6 Å². The van der Waals surface area contributed by atoms with Gasteiger partial charge in [0.2, 0.25) is 12.3 Å². The molecule has 136 valence electrons. The fraction of sp³-hybridized carbons (Fsp3) is 0.579. The first-order valence-corrected chi connectivity index (χ1v) is 9.17. The van der Waals surface area contributed by atoms with Crippen molar-refractivity contribution in [1.29, 1.82) is 0 Å². The van der Waals surface area contributed by atoms with Crippen molar-refractivity contribution in [2.75, 3.05) is 63.8 Å². The van der Waals surface area contributed by atoms with Crippen LogP contribution in [-0.2, 0) is 9.59 Å². The lowest BCUT2D eigenvalue weighted by molar-refractivity contribution is -0.135. The Hall–Kier alpha value is -2.08. The summed E-state index contributed by atoms with van der Waals surface area (Å²) < 4.78 is 0. The van der Waals surface area contributed by atoms with Crippen molar-refractivity contribution in [3.8, 4) is 0 Å². The predicted molar refractivity (Wildman–Crippen MR) is 98.7 cm³/mol. The Kier molecular flexibility index (Phi) is 5.91. The van der Waals surface area contributed by atoms with E-state index in [2.05, 4.69) is 41.0 Å². The van der Waals surface area contributed by atoms with E-state index in [1.54, 1.807) is 4.90 Å². The molecule has 0 aliphatic carbocycles. The largest absolute Gasteiger partial charge is 0.369 e. The van der Waals surface area contributed by atoms with Crippen LogP contribution in [0.2, 0.25) is 0 Å². The van der Waals surface area contributed by atoms with Gasteiger partial charge in [-0.3, -0.25) is 14.5 Å². The van der Waals surface area contributed by atoms with E-state index < -0.39 is 0 Å². The van der Waals surface area contributed by atoms with E-state index in [0.29, 0.717) is 32.6 Å². The summed E-state index contributed by atoms with van der Waals surface area (Å²) in [5.41, 5.74) is 2.59. The van der Waals surface area contributed by atoms with Gasteiger partial charge in [-0.25, -0.2) is 0 Å². The number of rotatable bonds is 5. The third-order valence-electron chi connectivity index (χ3n) is 5.20. The molecule has 2 aliphatic rings. The average molecular weight is 344 g/mol. The molecule has 6 heteroatoms. The van der Waals surface area contributed by atoms with E-state index in [0.717, 1.165) is 39.1 Å². The highest BCUT2D eigenvalue weighted by molar-refractivity contribution is 5.76. The molecule has 0 aromatic heterocycles. The zero-order valence-electron chi connectivity index (χ0n) is 15.1. The van der Waals surface area contributed by atoms with Crippen LogP contribution in [-0.4, -0.2) is 85.9 Å². The van der Waals surface area contributed by atoms with E-state index in [9.17, 15) is 9.59 Å². The Labute approximate surface area is 150 Å². The van der Waals surface area contributed by atoms with Crippen LogP contribution in [0.5, 0.6) is 0 Å². The fourth-order valence-corrected chi connectivity index (χ4v) is 3.54. The first kappa shape index (κ1) is 17.7. The molecule has 6 nitrogen and oxygen atoms in total. The van der Waals surface area contributed by atoms with Gasteiger partial charge in [0.1, 0.15) is 0 Å². The number of piperazine rings is 2. The monoisotopic (exact) mass is 344 g/mol. The first-order chi connectivity index (χ1) is 12.2. The van der Waals surface area contributed by atoms with E-state index in [1.807, 2.05) is 4.90 Å². The van der Waals surface area contributed by atoms with Gasteiger partial charge in [0.25, 0.3) is 0 Å². The molecule has 0 spiro atoms. The summed E-state index contributed by atoms with van der Waals surface area (Å²) in [6.45, 7) is 9.62. The molecule has 2 saturated heterocycles. The summed E-state index contributed by atoms with van der Waals surface area (Å²) in [5.74, 6) is 0.215. The summed E-state index contributed by atoms with van der Waals surface area (Å²) in [5, 5.41) is 0. The van der Waals surface area contributed by atoms with Crippen molar-refractivity contribution in [3.63, 3.8) is 0 Å². The maximum atomic E-state index is 12.3. The van der Waals surface area contributed by atoms with E-state index in [-0.39, 0.29) is 5.91 Å². The summed E-state index contributed by atoms with van der Waals surface area (Å²) in [6, 6.07) is 8.64. The Morgan fingerprint density at radius 2 is 1.76 bits per heavy atom. The van der Waals surface area contributed by atoms with Gasteiger partial charge in [-0.1, -0.05) is 12.1 Å². The molecule has 1 aromatic carbocycles.